The monoisotopic (exact) mass is 308 g/mol. The van der Waals surface area contributed by atoms with E-state index < -0.39 is 12.0 Å². The number of rotatable bonds is 4. The molecule has 2 atom stereocenters. The van der Waals surface area contributed by atoms with Crippen LogP contribution in [0.2, 0.25) is 0 Å². The van der Waals surface area contributed by atoms with Gasteiger partial charge in [0, 0.05) is 19.6 Å². The normalized spacial score (nSPS) is 30.0. The standard InChI is InChI=1S/C12H22F2N2O2.C3H8/c1-3-16-7-11(12(13,14)9-16)18-8-10-6-15(2)4-5-17-10;1-3-2/h10-11H,3-9H2,1-2H3;3H2,1-2H3. The molecule has 2 rings (SSSR count). The molecule has 0 aromatic heterocycles. The fourth-order valence-corrected chi connectivity index (χ4v) is 2.44. The number of likely N-dealkylation sites (N-methyl/N-ethyl adjacent to an activating group) is 2. The molecule has 0 aliphatic carbocycles. The predicted octanol–water partition coefficient (Wildman–Crippen LogP) is 2.09. The van der Waals surface area contributed by atoms with Crippen LogP contribution in [0.1, 0.15) is 27.2 Å². The molecule has 2 saturated heterocycles. The Morgan fingerprint density at radius 2 is 1.90 bits per heavy atom. The van der Waals surface area contributed by atoms with Crippen molar-refractivity contribution in [2.75, 3.05) is 53.0 Å². The second kappa shape index (κ2) is 8.98. The van der Waals surface area contributed by atoms with E-state index in [1.807, 2.05) is 14.0 Å². The van der Waals surface area contributed by atoms with Crippen molar-refractivity contribution in [1.29, 1.82) is 0 Å². The third-order valence-electron chi connectivity index (χ3n) is 3.60. The number of hydrogen-bond acceptors (Lipinski definition) is 4. The molecular weight excluding hydrogens is 278 g/mol. The lowest BCUT2D eigenvalue weighted by atomic mass is 10.2. The first kappa shape index (κ1) is 18.7. The summed E-state index contributed by atoms with van der Waals surface area (Å²) in [5, 5.41) is 0. The molecule has 6 heteroatoms. The van der Waals surface area contributed by atoms with E-state index in [0.717, 1.165) is 13.1 Å². The van der Waals surface area contributed by atoms with Gasteiger partial charge in [0.25, 0.3) is 5.92 Å². The highest BCUT2D eigenvalue weighted by atomic mass is 19.3. The van der Waals surface area contributed by atoms with Crippen LogP contribution in [-0.2, 0) is 9.47 Å². The Hall–Kier alpha value is -0.300. The van der Waals surface area contributed by atoms with Gasteiger partial charge in [-0.15, -0.1) is 0 Å². The average Bonchev–Trinajstić information content (AvgIpc) is 2.72. The van der Waals surface area contributed by atoms with E-state index in [-0.39, 0.29) is 19.3 Å². The van der Waals surface area contributed by atoms with Crippen LogP contribution in [0.25, 0.3) is 0 Å². The van der Waals surface area contributed by atoms with Crippen LogP contribution in [0.5, 0.6) is 0 Å². The summed E-state index contributed by atoms with van der Waals surface area (Å²) in [7, 11) is 2.00. The predicted molar refractivity (Wildman–Crippen MR) is 80.0 cm³/mol. The molecule has 2 fully saturated rings. The van der Waals surface area contributed by atoms with Crippen LogP contribution in [-0.4, -0.2) is 80.9 Å². The summed E-state index contributed by atoms with van der Waals surface area (Å²) in [6.07, 6.45) is 0.170. The van der Waals surface area contributed by atoms with Gasteiger partial charge in [0.1, 0.15) is 6.10 Å². The fraction of sp³-hybridized carbons (Fsp3) is 1.00. The largest absolute Gasteiger partial charge is 0.373 e. The van der Waals surface area contributed by atoms with Gasteiger partial charge in [-0.3, -0.25) is 4.90 Å². The maximum atomic E-state index is 13.7. The highest BCUT2D eigenvalue weighted by molar-refractivity contribution is 4.91. The van der Waals surface area contributed by atoms with Gasteiger partial charge in [-0.2, -0.15) is 0 Å². The third kappa shape index (κ3) is 6.14. The lowest BCUT2D eigenvalue weighted by Crippen LogP contribution is -2.44. The Balaban J connectivity index is 0.000000677. The van der Waals surface area contributed by atoms with Gasteiger partial charge in [-0.25, -0.2) is 8.78 Å². The van der Waals surface area contributed by atoms with Crippen molar-refractivity contribution < 1.29 is 18.3 Å². The second-order valence-electron chi connectivity index (χ2n) is 5.87. The Morgan fingerprint density at radius 1 is 1.24 bits per heavy atom. The van der Waals surface area contributed by atoms with E-state index in [0.29, 0.717) is 19.7 Å². The van der Waals surface area contributed by atoms with Crippen molar-refractivity contribution >= 4 is 0 Å². The summed E-state index contributed by atoms with van der Waals surface area (Å²) in [6, 6.07) is 0. The van der Waals surface area contributed by atoms with Crippen LogP contribution >= 0.6 is 0 Å². The lowest BCUT2D eigenvalue weighted by Gasteiger charge is -2.31. The summed E-state index contributed by atoms with van der Waals surface area (Å²) in [4.78, 5) is 3.85. The number of alkyl halides is 2. The number of hydrogen-bond donors (Lipinski definition) is 0. The van der Waals surface area contributed by atoms with E-state index >= 15 is 0 Å². The van der Waals surface area contributed by atoms with Gasteiger partial charge < -0.3 is 14.4 Å². The molecule has 2 unspecified atom stereocenters. The molecular formula is C15H30F2N2O2. The molecule has 0 amide bonds. The number of halogens is 2. The molecule has 0 bridgehead atoms. The molecule has 0 aromatic carbocycles. The molecule has 2 aliphatic heterocycles. The number of nitrogens with zero attached hydrogens (tertiary/aromatic N) is 2. The summed E-state index contributed by atoms with van der Waals surface area (Å²) < 4.78 is 38.2. The van der Waals surface area contributed by atoms with Gasteiger partial charge in [0.15, 0.2) is 0 Å². The van der Waals surface area contributed by atoms with Crippen molar-refractivity contribution in [2.45, 2.75) is 45.3 Å². The third-order valence-corrected chi connectivity index (χ3v) is 3.60. The quantitative estimate of drug-likeness (QED) is 0.794. The van der Waals surface area contributed by atoms with Crippen LogP contribution in [0.4, 0.5) is 8.78 Å². The van der Waals surface area contributed by atoms with Gasteiger partial charge in [-0.05, 0) is 13.6 Å². The minimum atomic E-state index is -2.74. The minimum Gasteiger partial charge on any atom is -0.373 e. The Kier molecular flexibility index (Phi) is 8.02. The van der Waals surface area contributed by atoms with Crippen molar-refractivity contribution in [3.8, 4) is 0 Å². The number of likely N-dealkylation sites (tertiary alicyclic amines) is 1. The molecule has 2 aliphatic rings. The molecule has 126 valence electrons. The van der Waals surface area contributed by atoms with Crippen LogP contribution in [0, 0.1) is 0 Å². The fourth-order valence-electron chi connectivity index (χ4n) is 2.44. The van der Waals surface area contributed by atoms with E-state index in [4.69, 9.17) is 9.47 Å². The SMILES string of the molecule is CCC.CCN1CC(OCC2CN(C)CCO2)C(F)(F)C1. The van der Waals surface area contributed by atoms with Gasteiger partial charge in [0.2, 0.25) is 0 Å². The van der Waals surface area contributed by atoms with Crippen molar-refractivity contribution in [1.82, 2.24) is 9.80 Å². The van der Waals surface area contributed by atoms with Crippen LogP contribution in [0.15, 0.2) is 0 Å². The molecule has 4 nitrogen and oxygen atoms in total. The molecule has 2 heterocycles. The van der Waals surface area contributed by atoms with Gasteiger partial charge in [0.05, 0.1) is 25.9 Å². The smallest absolute Gasteiger partial charge is 0.287 e. The van der Waals surface area contributed by atoms with Crippen LogP contribution in [0.3, 0.4) is 0 Å². The maximum Gasteiger partial charge on any atom is 0.287 e. The summed E-state index contributed by atoms with van der Waals surface area (Å²) in [5.74, 6) is -2.74. The maximum absolute atomic E-state index is 13.7. The summed E-state index contributed by atoms with van der Waals surface area (Å²) in [6.45, 7) is 9.42. The number of morpholine rings is 1. The van der Waals surface area contributed by atoms with Crippen LogP contribution < -0.4 is 0 Å². The Labute approximate surface area is 127 Å². The Morgan fingerprint density at radius 3 is 2.43 bits per heavy atom. The van der Waals surface area contributed by atoms with E-state index in [1.165, 1.54) is 6.42 Å². The van der Waals surface area contributed by atoms with Gasteiger partial charge in [-0.1, -0.05) is 27.2 Å². The molecule has 0 aromatic rings. The zero-order valence-electron chi connectivity index (χ0n) is 13.8. The van der Waals surface area contributed by atoms with Crippen molar-refractivity contribution in [2.24, 2.45) is 0 Å². The zero-order valence-corrected chi connectivity index (χ0v) is 13.8. The summed E-state index contributed by atoms with van der Waals surface area (Å²) >= 11 is 0. The molecule has 0 radical (unpaired) electrons. The van der Waals surface area contributed by atoms with Crippen molar-refractivity contribution in [3.63, 3.8) is 0 Å². The Bertz CT molecular complexity index is 293. The van der Waals surface area contributed by atoms with Crippen molar-refractivity contribution in [3.05, 3.63) is 0 Å². The highest BCUT2D eigenvalue weighted by Gasteiger charge is 2.48. The zero-order chi connectivity index (χ0) is 15.9. The van der Waals surface area contributed by atoms with E-state index in [1.54, 1.807) is 4.90 Å². The molecule has 0 N–H and O–H groups in total. The first-order valence-electron chi connectivity index (χ1n) is 7.94. The number of ether oxygens (including phenoxy) is 2. The molecule has 0 saturated carbocycles. The highest BCUT2D eigenvalue weighted by Crippen LogP contribution is 2.29. The van der Waals surface area contributed by atoms with E-state index in [9.17, 15) is 8.78 Å². The summed E-state index contributed by atoms with van der Waals surface area (Å²) in [5.41, 5.74) is 0. The lowest BCUT2D eigenvalue weighted by molar-refractivity contribution is -0.136. The molecule has 21 heavy (non-hydrogen) atoms. The second-order valence-corrected chi connectivity index (χ2v) is 5.87. The minimum absolute atomic E-state index is 0.0878. The topological polar surface area (TPSA) is 24.9 Å². The first-order chi connectivity index (χ1) is 9.92. The first-order valence-corrected chi connectivity index (χ1v) is 7.94. The van der Waals surface area contributed by atoms with Gasteiger partial charge >= 0.3 is 0 Å². The van der Waals surface area contributed by atoms with E-state index in [2.05, 4.69) is 18.7 Å². The average molecular weight is 308 g/mol. The molecule has 0 spiro atoms.